The summed E-state index contributed by atoms with van der Waals surface area (Å²) < 4.78 is 1.51. The van der Waals surface area contributed by atoms with Crippen LogP contribution in [0.15, 0.2) is 47.8 Å². The molecule has 8 heteroatoms. The molecular formula is C13H7ClN4O3. The fourth-order valence-corrected chi connectivity index (χ4v) is 2.18. The van der Waals surface area contributed by atoms with E-state index in [1.165, 1.54) is 28.7 Å². The Morgan fingerprint density at radius 3 is 2.57 bits per heavy atom. The second kappa shape index (κ2) is 4.95. The first kappa shape index (κ1) is 13.2. The van der Waals surface area contributed by atoms with Crippen LogP contribution >= 0.6 is 11.6 Å². The Bertz CT molecular complexity index is 858. The molecule has 0 saturated heterocycles. The fourth-order valence-electron chi connectivity index (χ4n) is 2.03. The predicted molar refractivity (Wildman–Crippen MR) is 77.7 cm³/mol. The van der Waals surface area contributed by atoms with Crippen LogP contribution in [0.1, 0.15) is 0 Å². The molecule has 3 aromatic rings. The minimum absolute atomic E-state index is 0.0360. The van der Waals surface area contributed by atoms with Crippen molar-refractivity contribution in [3.8, 4) is 11.3 Å². The predicted octanol–water partition coefficient (Wildman–Crippen LogP) is 3.96. The number of nitro groups is 1. The third-order valence-electron chi connectivity index (χ3n) is 3.00. The van der Waals surface area contributed by atoms with Crippen LogP contribution in [-0.4, -0.2) is 14.3 Å². The number of hydrogen-bond acceptors (Lipinski definition) is 5. The van der Waals surface area contributed by atoms with Gasteiger partial charge in [0.15, 0.2) is 0 Å². The fraction of sp³-hybridized carbons (Fsp3) is 0. The van der Waals surface area contributed by atoms with Gasteiger partial charge >= 0.3 is 0 Å². The number of halogens is 1. The van der Waals surface area contributed by atoms with E-state index in [1.807, 2.05) is 0 Å². The zero-order valence-corrected chi connectivity index (χ0v) is 11.2. The molecule has 0 bridgehead atoms. The molecule has 0 amide bonds. The second-order valence-electron chi connectivity index (χ2n) is 4.25. The van der Waals surface area contributed by atoms with Gasteiger partial charge in [0, 0.05) is 35.0 Å². The molecule has 0 aliphatic carbocycles. The highest BCUT2D eigenvalue weighted by molar-refractivity contribution is 6.30. The number of nitroso groups, excluding NO2 is 1. The standard InChI is InChI=1S/C13H7ClN4O3/c14-9-5-6-17-11(7-9)15-12(13(17)16-19)8-1-3-10(4-2-8)18(20)21/h1-7H. The van der Waals surface area contributed by atoms with Gasteiger partial charge in [0.2, 0.25) is 5.82 Å². The van der Waals surface area contributed by atoms with Crippen LogP contribution in [0, 0.1) is 15.0 Å². The molecule has 2 aromatic heterocycles. The minimum atomic E-state index is -0.494. The average Bonchev–Trinajstić information content (AvgIpc) is 2.84. The molecule has 0 radical (unpaired) electrons. The van der Waals surface area contributed by atoms with Crippen molar-refractivity contribution >= 4 is 28.8 Å². The summed E-state index contributed by atoms with van der Waals surface area (Å²) in [6, 6.07) is 8.96. The molecule has 0 N–H and O–H groups in total. The monoisotopic (exact) mass is 302 g/mol. The molecule has 2 heterocycles. The zero-order valence-electron chi connectivity index (χ0n) is 10.4. The van der Waals surface area contributed by atoms with E-state index in [2.05, 4.69) is 10.2 Å². The summed E-state index contributed by atoms with van der Waals surface area (Å²) in [5, 5.41) is 14.1. The van der Waals surface area contributed by atoms with Crippen LogP contribution in [0.5, 0.6) is 0 Å². The highest BCUT2D eigenvalue weighted by Gasteiger charge is 2.16. The Morgan fingerprint density at radius 2 is 1.95 bits per heavy atom. The molecule has 0 aliphatic heterocycles. The van der Waals surface area contributed by atoms with Crippen LogP contribution in [0.25, 0.3) is 16.9 Å². The van der Waals surface area contributed by atoms with Gasteiger partial charge in [0.25, 0.3) is 5.69 Å². The maximum Gasteiger partial charge on any atom is 0.269 e. The highest BCUT2D eigenvalue weighted by Crippen LogP contribution is 2.32. The number of non-ortho nitro benzene ring substituents is 1. The van der Waals surface area contributed by atoms with E-state index < -0.39 is 4.92 Å². The van der Waals surface area contributed by atoms with Gasteiger partial charge in [-0.15, -0.1) is 4.91 Å². The van der Waals surface area contributed by atoms with Gasteiger partial charge in [0.05, 0.1) is 4.92 Å². The first-order chi connectivity index (χ1) is 10.1. The van der Waals surface area contributed by atoms with Gasteiger partial charge in [-0.2, -0.15) is 0 Å². The number of hydrogen-bond donors (Lipinski definition) is 0. The SMILES string of the molecule is O=Nc1c(-c2ccc([N+](=O)[O-])cc2)nc2cc(Cl)ccn12. The lowest BCUT2D eigenvalue weighted by atomic mass is 10.1. The molecule has 7 nitrogen and oxygen atoms in total. The molecule has 3 rings (SSSR count). The number of nitrogens with zero attached hydrogens (tertiary/aromatic N) is 4. The van der Waals surface area contributed by atoms with E-state index in [9.17, 15) is 15.0 Å². The summed E-state index contributed by atoms with van der Waals surface area (Å²) in [6.45, 7) is 0. The number of pyridine rings is 1. The first-order valence-electron chi connectivity index (χ1n) is 5.86. The summed E-state index contributed by atoms with van der Waals surface area (Å²) in [7, 11) is 0. The number of fused-ring (bicyclic) bond motifs is 1. The molecule has 0 atom stereocenters. The van der Waals surface area contributed by atoms with Crippen LogP contribution < -0.4 is 0 Å². The highest BCUT2D eigenvalue weighted by atomic mass is 35.5. The summed E-state index contributed by atoms with van der Waals surface area (Å²) in [4.78, 5) is 25.5. The smallest absolute Gasteiger partial charge is 0.269 e. The maximum atomic E-state index is 11.1. The van der Waals surface area contributed by atoms with Gasteiger partial charge in [-0.05, 0) is 23.4 Å². The Balaban J connectivity index is 2.19. The maximum absolute atomic E-state index is 11.1. The Labute approximate surface area is 122 Å². The number of rotatable bonds is 3. The van der Waals surface area contributed by atoms with Crippen molar-refractivity contribution in [3.05, 3.63) is 62.6 Å². The minimum Gasteiger partial charge on any atom is -0.281 e. The Hall–Kier alpha value is -2.80. The zero-order chi connectivity index (χ0) is 15.0. The van der Waals surface area contributed by atoms with Crippen molar-refractivity contribution in [2.75, 3.05) is 0 Å². The van der Waals surface area contributed by atoms with E-state index >= 15 is 0 Å². The number of benzene rings is 1. The average molecular weight is 303 g/mol. The summed E-state index contributed by atoms with van der Waals surface area (Å²) in [5.41, 5.74) is 1.36. The number of aromatic nitrogens is 2. The van der Waals surface area contributed by atoms with E-state index in [-0.39, 0.29) is 11.5 Å². The van der Waals surface area contributed by atoms with Crippen molar-refractivity contribution in [1.29, 1.82) is 0 Å². The van der Waals surface area contributed by atoms with Gasteiger partial charge < -0.3 is 0 Å². The van der Waals surface area contributed by atoms with E-state index in [1.54, 1.807) is 18.3 Å². The molecular weight excluding hydrogens is 296 g/mol. The lowest BCUT2D eigenvalue weighted by Gasteiger charge is -1.97. The van der Waals surface area contributed by atoms with E-state index in [0.29, 0.717) is 21.9 Å². The largest absolute Gasteiger partial charge is 0.281 e. The molecule has 21 heavy (non-hydrogen) atoms. The third-order valence-corrected chi connectivity index (χ3v) is 3.24. The van der Waals surface area contributed by atoms with Crippen molar-refractivity contribution in [2.45, 2.75) is 0 Å². The molecule has 0 spiro atoms. The van der Waals surface area contributed by atoms with Crippen LogP contribution in [0.3, 0.4) is 0 Å². The van der Waals surface area contributed by atoms with Gasteiger partial charge in [0.1, 0.15) is 11.3 Å². The molecule has 0 fully saturated rings. The van der Waals surface area contributed by atoms with Gasteiger partial charge in [-0.25, -0.2) is 4.98 Å². The second-order valence-corrected chi connectivity index (χ2v) is 4.69. The molecule has 104 valence electrons. The summed E-state index contributed by atoms with van der Waals surface area (Å²) in [5.74, 6) is 0.121. The third kappa shape index (κ3) is 2.23. The van der Waals surface area contributed by atoms with Crippen molar-refractivity contribution in [1.82, 2.24) is 9.38 Å². The van der Waals surface area contributed by atoms with Crippen LogP contribution in [-0.2, 0) is 0 Å². The molecule has 0 aliphatic rings. The first-order valence-corrected chi connectivity index (χ1v) is 6.24. The number of nitro benzene ring substituents is 1. The molecule has 0 unspecified atom stereocenters. The number of imidazole rings is 1. The van der Waals surface area contributed by atoms with Crippen LogP contribution in [0.2, 0.25) is 5.02 Å². The van der Waals surface area contributed by atoms with Gasteiger partial charge in [-0.1, -0.05) is 11.6 Å². The summed E-state index contributed by atoms with van der Waals surface area (Å²) >= 11 is 5.89. The van der Waals surface area contributed by atoms with Crippen LogP contribution in [0.4, 0.5) is 11.5 Å². The van der Waals surface area contributed by atoms with Crippen molar-refractivity contribution in [2.24, 2.45) is 5.18 Å². The molecule has 0 saturated carbocycles. The quantitative estimate of drug-likeness (QED) is 0.416. The van der Waals surface area contributed by atoms with E-state index in [4.69, 9.17) is 11.6 Å². The van der Waals surface area contributed by atoms with Crippen molar-refractivity contribution in [3.63, 3.8) is 0 Å². The van der Waals surface area contributed by atoms with Crippen molar-refractivity contribution < 1.29 is 4.92 Å². The lowest BCUT2D eigenvalue weighted by Crippen LogP contribution is -1.87. The summed E-state index contributed by atoms with van der Waals surface area (Å²) in [6.07, 6.45) is 1.59. The lowest BCUT2D eigenvalue weighted by molar-refractivity contribution is -0.384. The normalized spacial score (nSPS) is 10.7. The Morgan fingerprint density at radius 1 is 1.24 bits per heavy atom. The van der Waals surface area contributed by atoms with Gasteiger partial charge in [-0.3, -0.25) is 14.5 Å². The van der Waals surface area contributed by atoms with E-state index in [0.717, 1.165) is 0 Å². The molecule has 1 aromatic carbocycles. The Kier molecular flexibility index (Phi) is 3.11. The topological polar surface area (TPSA) is 89.9 Å².